The minimum Gasteiger partial charge on any atom is -0.341 e. The number of nitrogens with two attached hydrogens (primary N) is 1. The fourth-order valence-corrected chi connectivity index (χ4v) is 3.51. The lowest BCUT2D eigenvalue weighted by Crippen LogP contribution is -2.32. The summed E-state index contributed by atoms with van der Waals surface area (Å²) in [5.41, 5.74) is 7.45. The van der Waals surface area contributed by atoms with Crippen LogP contribution in [0.5, 0.6) is 0 Å². The molecule has 1 amide bonds. The molecule has 0 radical (unpaired) electrons. The summed E-state index contributed by atoms with van der Waals surface area (Å²) in [7, 11) is 1.87. The summed E-state index contributed by atoms with van der Waals surface area (Å²) in [5.74, 6) is 8.43. The first-order valence-corrected chi connectivity index (χ1v) is 7.97. The first-order valence-electron chi connectivity index (χ1n) is 6.82. The van der Waals surface area contributed by atoms with Crippen molar-refractivity contribution >= 4 is 17.7 Å². The molecule has 1 atom stereocenters. The molecule has 1 unspecified atom stereocenters. The van der Waals surface area contributed by atoms with Crippen LogP contribution in [0.15, 0.2) is 24.3 Å². The highest BCUT2D eigenvalue weighted by Crippen LogP contribution is 2.25. The summed E-state index contributed by atoms with van der Waals surface area (Å²) in [5, 5.41) is 0. The van der Waals surface area contributed by atoms with Crippen LogP contribution in [-0.4, -0.2) is 35.9 Å². The summed E-state index contributed by atoms with van der Waals surface area (Å²) in [6.07, 6.45) is 1.00. The highest BCUT2D eigenvalue weighted by molar-refractivity contribution is 7.99. The van der Waals surface area contributed by atoms with Crippen molar-refractivity contribution in [3.8, 4) is 11.8 Å². The second-order valence-electron chi connectivity index (χ2n) is 4.92. The molecule has 1 aromatic carbocycles. The van der Waals surface area contributed by atoms with Crippen LogP contribution in [0.1, 0.15) is 17.5 Å². The predicted octanol–water partition coefficient (Wildman–Crippen LogP) is 1.71. The molecule has 20 heavy (non-hydrogen) atoms. The van der Waals surface area contributed by atoms with Gasteiger partial charge in [0.1, 0.15) is 0 Å². The maximum Gasteiger partial charge on any atom is 0.226 e. The standard InChI is InChI=1S/C16H20N2OS/c1-18(16(19)15-8-10-20-12-15)11-14-6-3-2-5-13(14)7-4-9-17/h2-3,5-6,15H,8-12,17H2,1H3. The molecule has 2 N–H and O–H groups in total. The number of benzene rings is 1. The summed E-state index contributed by atoms with van der Waals surface area (Å²) >= 11 is 1.86. The van der Waals surface area contributed by atoms with E-state index in [2.05, 4.69) is 11.8 Å². The Labute approximate surface area is 124 Å². The third kappa shape index (κ3) is 3.78. The Kier molecular flexibility index (Phi) is 5.51. The summed E-state index contributed by atoms with van der Waals surface area (Å²) in [6, 6.07) is 7.93. The van der Waals surface area contributed by atoms with Crippen molar-refractivity contribution in [3.05, 3.63) is 35.4 Å². The van der Waals surface area contributed by atoms with E-state index in [0.717, 1.165) is 29.1 Å². The van der Waals surface area contributed by atoms with Crippen LogP contribution < -0.4 is 5.73 Å². The van der Waals surface area contributed by atoms with Crippen LogP contribution in [0.4, 0.5) is 0 Å². The number of carbonyl (C=O) groups excluding carboxylic acids is 1. The average molecular weight is 288 g/mol. The number of rotatable bonds is 3. The molecule has 1 fully saturated rings. The van der Waals surface area contributed by atoms with E-state index in [1.54, 1.807) is 0 Å². The number of nitrogens with zero attached hydrogens (tertiary/aromatic N) is 1. The van der Waals surface area contributed by atoms with Gasteiger partial charge < -0.3 is 10.6 Å². The Morgan fingerprint density at radius 3 is 3.00 bits per heavy atom. The maximum atomic E-state index is 12.3. The molecule has 1 aromatic rings. The molecule has 1 aliphatic rings. The highest BCUT2D eigenvalue weighted by atomic mass is 32.2. The zero-order chi connectivity index (χ0) is 14.4. The van der Waals surface area contributed by atoms with Crippen LogP contribution in [-0.2, 0) is 11.3 Å². The fourth-order valence-electron chi connectivity index (χ4n) is 2.30. The maximum absolute atomic E-state index is 12.3. The molecule has 0 aromatic heterocycles. The molecule has 0 bridgehead atoms. The Balaban J connectivity index is 2.07. The smallest absolute Gasteiger partial charge is 0.226 e. The molecule has 0 saturated carbocycles. The van der Waals surface area contributed by atoms with E-state index in [-0.39, 0.29) is 11.8 Å². The van der Waals surface area contributed by atoms with Gasteiger partial charge in [-0.1, -0.05) is 30.0 Å². The van der Waals surface area contributed by atoms with Crippen LogP contribution in [0.3, 0.4) is 0 Å². The number of hydrogen-bond acceptors (Lipinski definition) is 3. The normalized spacial score (nSPS) is 17.4. The van der Waals surface area contributed by atoms with E-state index in [4.69, 9.17) is 5.73 Å². The molecule has 0 spiro atoms. The highest BCUT2D eigenvalue weighted by Gasteiger charge is 2.26. The Hall–Kier alpha value is -1.44. The van der Waals surface area contributed by atoms with Gasteiger partial charge in [0, 0.05) is 30.8 Å². The second kappa shape index (κ2) is 7.37. The first kappa shape index (κ1) is 15.0. The lowest BCUT2D eigenvalue weighted by atomic mass is 10.1. The second-order valence-corrected chi connectivity index (χ2v) is 6.07. The Bertz CT molecular complexity index is 527. The van der Waals surface area contributed by atoms with Crippen LogP contribution in [0, 0.1) is 17.8 Å². The topological polar surface area (TPSA) is 46.3 Å². The van der Waals surface area contributed by atoms with Crippen molar-refractivity contribution < 1.29 is 4.79 Å². The third-order valence-corrected chi connectivity index (χ3v) is 4.57. The minimum absolute atomic E-state index is 0.187. The van der Waals surface area contributed by atoms with Crippen molar-refractivity contribution in [2.75, 3.05) is 25.1 Å². The van der Waals surface area contributed by atoms with Gasteiger partial charge in [-0.3, -0.25) is 4.79 Å². The van der Waals surface area contributed by atoms with Gasteiger partial charge in [0.2, 0.25) is 5.91 Å². The van der Waals surface area contributed by atoms with Gasteiger partial charge in [0.05, 0.1) is 6.54 Å². The molecule has 0 aliphatic carbocycles. The molecule has 2 rings (SSSR count). The van der Waals surface area contributed by atoms with Gasteiger partial charge in [-0.05, 0) is 23.8 Å². The lowest BCUT2D eigenvalue weighted by Gasteiger charge is -2.21. The summed E-state index contributed by atoms with van der Waals surface area (Å²) in [4.78, 5) is 14.2. The molecule has 3 nitrogen and oxygen atoms in total. The molecule has 1 saturated heterocycles. The minimum atomic E-state index is 0.187. The molecule has 106 valence electrons. The monoisotopic (exact) mass is 288 g/mol. The fraction of sp³-hybridized carbons (Fsp3) is 0.438. The van der Waals surface area contributed by atoms with E-state index in [1.165, 1.54) is 0 Å². The van der Waals surface area contributed by atoms with Crippen molar-refractivity contribution in [1.29, 1.82) is 0 Å². The van der Waals surface area contributed by atoms with Crippen LogP contribution >= 0.6 is 11.8 Å². The quantitative estimate of drug-likeness (QED) is 0.861. The van der Waals surface area contributed by atoms with Crippen LogP contribution in [0.25, 0.3) is 0 Å². The van der Waals surface area contributed by atoms with Crippen LogP contribution in [0.2, 0.25) is 0 Å². The number of amides is 1. The number of hydrogen-bond donors (Lipinski definition) is 1. The van der Waals surface area contributed by atoms with Gasteiger partial charge in [0.15, 0.2) is 0 Å². The molecular formula is C16H20N2OS. The molecule has 4 heteroatoms. The van der Waals surface area contributed by atoms with Crippen molar-refractivity contribution in [3.63, 3.8) is 0 Å². The lowest BCUT2D eigenvalue weighted by molar-refractivity contribution is -0.133. The molecular weight excluding hydrogens is 268 g/mol. The first-order chi connectivity index (χ1) is 9.72. The largest absolute Gasteiger partial charge is 0.341 e. The van der Waals surface area contributed by atoms with E-state index in [9.17, 15) is 4.79 Å². The average Bonchev–Trinajstić information content (AvgIpc) is 2.99. The SMILES string of the molecule is CN(Cc1ccccc1C#CCN)C(=O)C1CCSC1. The molecule has 1 aliphatic heterocycles. The van der Waals surface area contributed by atoms with Gasteiger partial charge in [-0.2, -0.15) is 11.8 Å². The van der Waals surface area contributed by atoms with E-state index < -0.39 is 0 Å². The molecule has 1 heterocycles. The predicted molar refractivity (Wildman–Crippen MR) is 84.3 cm³/mol. The Morgan fingerprint density at radius 1 is 1.50 bits per heavy atom. The zero-order valence-electron chi connectivity index (χ0n) is 11.8. The number of carbonyl (C=O) groups is 1. The van der Waals surface area contributed by atoms with Crippen molar-refractivity contribution in [1.82, 2.24) is 4.90 Å². The van der Waals surface area contributed by atoms with E-state index in [0.29, 0.717) is 13.1 Å². The Morgan fingerprint density at radius 2 is 2.30 bits per heavy atom. The van der Waals surface area contributed by atoms with Crippen molar-refractivity contribution in [2.24, 2.45) is 11.7 Å². The van der Waals surface area contributed by atoms with Gasteiger partial charge >= 0.3 is 0 Å². The number of thioether (sulfide) groups is 1. The van der Waals surface area contributed by atoms with Gasteiger partial charge in [0.25, 0.3) is 0 Å². The van der Waals surface area contributed by atoms with E-state index in [1.807, 2.05) is 48.0 Å². The van der Waals surface area contributed by atoms with Gasteiger partial charge in [-0.15, -0.1) is 0 Å². The summed E-state index contributed by atoms with van der Waals surface area (Å²) < 4.78 is 0. The summed E-state index contributed by atoms with van der Waals surface area (Å²) in [6.45, 7) is 0.956. The van der Waals surface area contributed by atoms with Crippen molar-refractivity contribution in [2.45, 2.75) is 13.0 Å². The zero-order valence-corrected chi connectivity index (χ0v) is 12.6. The van der Waals surface area contributed by atoms with E-state index >= 15 is 0 Å². The third-order valence-electron chi connectivity index (χ3n) is 3.41. The van der Waals surface area contributed by atoms with Gasteiger partial charge in [-0.25, -0.2) is 0 Å².